The number of hydrogen-bond acceptors (Lipinski definition) is 6. The molecule has 0 rings (SSSR count). The molecule has 1 unspecified atom stereocenters. The van der Waals surface area contributed by atoms with Gasteiger partial charge in [-0.1, -0.05) is 196 Å². The summed E-state index contributed by atoms with van der Waals surface area (Å²) in [6.07, 6.45) is 64.4. The van der Waals surface area contributed by atoms with Crippen molar-refractivity contribution >= 4 is 17.9 Å². The predicted octanol–water partition coefficient (Wildman–Crippen LogP) is 16.8. The lowest BCUT2D eigenvalue weighted by Gasteiger charge is -2.18. The molecule has 0 aliphatic carbocycles. The Kier molecular flexibility index (Phi) is 47.5. The van der Waals surface area contributed by atoms with Gasteiger partial charge in [-0.15, -0.1) is 0 Å². The van der Waals surface area contributed by atoms with E-state index < -0.39 is 6.10 Å². The standard InChI is InChI=1S/C56H94O6/c1-4-7-10-13-16-19-22-24-26-28-30-32-34-37-40-43-46-49-55(58)61-52-53(51-60-54(57)48-45-42-39-36-21-18-15-12-9-6-3)62-56(59)50-47-44-41-38-35-33-31-29-27-25-23-20-17-14-11-8-5-2/h15,18,24-27,30-33,37-38,40-41,53H,4-14,16-17,19-23,28-29,34-36,39,42-52H2,1-3H3/b18-15-,26-24-,27-25-,32-30-,33-31-,40-37-,41-38-. The van der Waals surface area contributed by atoms with Gasteiger partial charge in [0.1, 0.15) is 13.2 Å². The normalized spacial score (nSPS) is 12.8. The molecule has 354 valence electrons. The first kappa shape index (κ1) is 58.6. The topological polar surface area (TPSA) is 78.9 Å². The molecule has 0 saturated heterocycles. The Morgan fingerprint density at radius 3 is 1.03 bits per heavy atom. The molecule has 0 N–H and O–H groups in total. The Morgan fingerprint density at radius 1 is 0.323 bits per heavy atom. The number of rotatable bonds is 45. The van der Waals surface area contributed by atoms with Gasteiger partial charge in [0.05, 0.1) is 0 Å². The number of hydrogen-bond donors (Lipinski definition) is 0. The number of esters is 3. The van der Waals surface area contributed by atoms with Gasteiger partial charge in [0.25, 0.3) is 0 Å². The van der Waals surface area contributed by atoms with Crippen LogP contribution in [0.3, 0.4) is 0 Å². The Balaban J connectivity index is 4.53. The zero-order valence-corrected chi connectivity index (χ0v) is 40.4. The van der Waals surface area contributed by atoms with Crippen LogP contribution in [0.25, 0.3) is 0 Å². The smallest absolute Gasteiger partial charge is 0.306 e. The fourth-order valence-corrected chi connectivity index (χ4v) is 6.69. The van der Waals surface area contributed by atoms with E-state index in [-0.39, 0.29) is 44.0 Å². The summed E-state index contributed by atoms with van der Waals surface area (Å²) in [7, 11) is 0. The van der Waals surface area contributed by atoms with Crippen molar-refractivity contribution in [2.75, 3.05) is 13.2 Å². The zero-order chi connectivity index (χ0) is 45.1. The maximum absolute atomic E-state index is 12.8. The van der Waals surface area contributed by atoms with Crippen molar-refractivity contribution in [3.8, 4) is 0 Å². The third kappa shape index (κ3) is 47.6. The van der Waals surface area contributed by atoms with Crippen molar-refractivity contribution in [1.29, 1.82) is 0 Å². The number of carbonyl (C=O) groups excluding carboxylic acids is 3. The van der Waals surface area contributed by atoms with Gasteiger partial charge >= 0.3 is 17.9 Å². The molecule has 0 aromatic carbocycles. The molecule has 0 aromatic heterocycles. The molecule has 0 aliphatic heterocycles. The number of ether oxygens (including phenoxy) is 3. The molecule has 0 heterocycles. The second kappa shape index (κ2) is 50.2. The van der Waals surface area contributed by atoms with Gasteiger partial charge in [-0.3, -0.25) is 14.4 Å². The van der Waals surface area contributed by atoms with Crippen LogP contribution >= 0.6 is 0 Å². The predicted molar refractivity (Wildman–Crippen MR) is 265 cm³/mol. The third-order valence-corrected chi connectivity index (χ3v) is 10.6. The molecular formula is C56H94O6. The summed E-state index contributed by atoms with van der Waals surface area (Å²) in [5.74, 6) is -1.04. The van der Waals surface area contributed by atoms with Crippen LogP contribution in [0.5, 0.6) is 0 Å². The highest BCUT2D eigenvalue weighted by molar-refractivity contribution is 5.71. The Hall–Kier alpha value is -3.41. The molecule has 0 aromatic rings. The van der Waals surface area contributed by atoms with Gasteiger partial charge in [0.15, 0.2) is 6.10 Å². The van der Waals surface area contributed by atoms with Gasteiger partial charge in [-0.25, -0.2) is 0 Å². The molecule has 0 radical (unpaired) electrons. The molecule has 0 bridgehead atoms. The highest BCUT2D eigenvalue weighted by Crippen LogP contribution is 2.12. The van der Waals surface area contributed by atoms with Crippen molar-refractivity contribution in [2.24, 2.45) is 0 Å². The van der Waals surface area contributed by atoms with E-state index in [2.05, 4.69) is 106 Å². The van der Waals surface area contributed by atoms with E-state index in [9.17, 15) is 14.4 Å². The molecule has 62 heavy (non-hydrogen) atoms. The highest BCUT2D eigenvalue weighted by atomic mass is 16.6. The molecule has 6 heteroatoms. The largest absolute Gasteiger partial charge is 0.462 e. The summed E-state index contributed by atoms with van der Waals surface area (Å²) in [6.45, 7) is 6.47. The van der Waals surface area contributed by atoms with Gasteiger partial charge in [0.2, 0.25) is 0 Å². The second-order valence-electron chi connectivity index (χ2n) is 16.7. The first-order valence-electron chi connectivity index (χ1n) is 25.6. The maximum Gasteiger partial charge on any atom is 0.306 e. The average molecular weight is 863 g/mol. The van der Waals surface area contributed by atoms with Crippen LogP contribution in [-0.2, 0) is 28.6 Å². The lowest BCUT2D eigenvalue weighted by molar-refractivity contribution is -0.167. The van der Waals surface area contributed by atoms with Gasteiger partial charge in [-0.2, -0.15) is 0 Å². The van der Waals surface area contributed by atoms with E-state index in [1.54, 1.807) is 0 Å². The summed E-state index contributed by atoms with van der Waals surface area (Å²) in [5.41, 5.74) is 0. The summed E-state index contributed by atoms with van der Waals surface area (Å²) >= 11 is 0. The summed E-state index contributed by atoms with van der Waals surface area (Å²) in [4.78, 5) is 37.8. The van der Waals surface area contributed by atoms with Crippen molar-refractivity contribution in [2.45, 2.75) is 239 Å². The highest BCUT2D eigenvalue weighted by Gasteiger charge is 2.19. The Bertz CT molecular complexity index is 1220. The van der Waals surface area contributed by atoms with Gasteiger partial charge in [-0.05, 0) is 103 Å². The van der Waals surface area contributed by atoms with E-state index in [1.165, 1.54) is 103 Å². The number of carbonyl (C=O) groups is 3. The van der Waals surface area contributed by atoms with Crippen LogP contribution in [-0.4, -0.2) is 37.2 Å². The fraction of sp³-hybridized carbons (Fsp3) is 0.696. The minimum absolute atomic E-state index is 0.119. The lowest BCUT2D eigenvalue weighted by atomic mass is 10.1. The molecule has 0 amide bonds. The second-order valence-corrected chi connectivity index (χ2v) is 16.7. The van der Waals surface area contributed by atoms with E-state index in [0.717, 1.165) is 77.0 Å². The van der Waals surface area contributed by atoms with Crippen molar-refractivity contribution < 1.29 is 28.6 Å². The SMILES string of the molecule is CCCC/C=C\CCCCCCC(=O)OCC(COC(=O)CCC/C=C\C/C=C\C/C=C\CCCCCCCC)OC(=O)CCC/C=C\C/C=C\C/C=C\CCCCCCCC. The third-order valence-electron chi connectivity index (χ3n) is 10.6. The van der Waals surface area contributed by atoms with Crippen LogP contribution in [0, 0.1) is 0 Å². The number of allylic oxidation sites excluding steroid dienone is 14. The van der Waals surface area contributed by atoms with E-state index in [0.29, 0.717) is 19.3 Å². The minimum atomic E-state index is -0.826. The first-order valence-corrected chi connectivity index (χ1v) is 25.6. The van der Waals surface area contributed by atoms with E-state index in [1.807, 2.05) is 0 Å². The van der Waals surface area contributed by atoms with Crippen LogP contribution in [0.2, 0.25) is 0 Å². The Labute approximate surface area is 382 Å². The number of unbranched alkanes of at least 4 members (excludes halogenated alkanes) is 20. The first-order chi connectivity index (χ1) is 30.5. The monoisotopic (exact) mass is 863 g/mol. The lowest BCUT2D eigenvalue weighted by Crippen LogP contribution is -2.30. The minimum Gasteiger partial charge on any atom is -0.462 e. The van der Waals surface area contributed by atoms with Gasteiger partial charge < -0.3 is 14.2 Å². The molecule has 0 fully saturated rings. The summed E-state index contributed by atoms with van der Waals surface area (Å²) < 4.78 is 16.7. The van der Waals surface area contributed by atoms with Crippen LogP contribution in [0.15, 0.2) is 85.1 Å². The maximum atomic E-state index is 12.8. The Morgan fingerprint density at radius 2 is 0.613 bits per heavy atom. The molecule has 0 spiro atoms. The van der Waals surface area contributed by atoms with Crippen LogP contribution < -0.4 is 0 Å². The molecular weight excluding hydrogens is 769 g/mol. The summed E-state index contributed by atoms with van der Waals surface area (Å²) in [6, 6.07) is 0. The van der Waals surface area contributed by atoms with E-state index in [4.69, 9.17) is 14.2 Å². The van der Waals surface area contributed by atoms with Crippen molar-refractivity contribution in [3.63, 3.8) is 0 Å². The molecule has 1 atom stereocenters. The molecule has 0 saturated carbocycles. The van der Waals surface area contributed by atoms with E-state index >= 15 is 0 Å². The summed E-state index contributed by atoms with van der Waals surface area (Å²) in [5, 5.41) is 0. The molecule has 6 nitrogen and oxygen atoms in total. The van der Waals surface area contributed by atoms with Gasteiger partial charge in [0, 0.05) is 19.3 Å². The fourth-order valence-electron chi connectivity index (χ4n) is 6.69. The van der Waals surface area contributed by atoms with Crippen LogP contribution in [0.1, 0.15) is 233 Å². The molecule has 0 aliphatic rings. The van der Waals surface area contributed by atoms with Crippen LogP contribution in [0.4, 0.5) is 0 Å². The quantitative estimate of drug-likeness (QED) is 0.0263. The van der Waals surface area contributed by atoms with Crippen molar-refractivity contribution in [3.05, 3.63) is 85.1 Å². The zero-order valence-electron chi connectivity index (χ0n) is 40.4. The van der Waals surface area contributed by atoms with Crippen molar-refractivity contribution in [1.82, 2.24) is 0 Å². The average Bonchev–Trinajstić information content (AvgIpc) is 3.27.